The molecule has 2 nitrogen and oxygen atoms in total. The van der Waals surface area contributed by atoms with Crippen LogP contribution < -0.4 is 5.32 Å². The van der Waals surface area contributed by atoms with Gasteiger partial charge in [0.15, 0.2) is 5.13 Å². The molecule has 0 unspecified atom stereocenters. The third-order valence-corrected chi connectivity index (χ3v) is 4.76. The molecule has 1 heterocycles. The lowest BCUT2D eigenvalue weighted by atomic mass is 10.1. The number of anilines is 1. The largest absolute Gasteiger partial charge is 0.359 e. The highest BCUT2D eigenvalue weighted by Crippen LogP contribution is 2.30. The van der Waals surface area contributed by atoms with Gasteiger partial charge in [-0.2, -0.15) is 0 Å². The highest BCUT2D eigenvalue weighted by Gasteiger charge is 2.14. The molecule has 3 heteroatoms. The summed E-state index contributed by atoms with van der Waals surface area (Å²) in [5.74, 6) is 0. The first-order valence-corrected chi connectivity index (χ1v) is 7.77. The Bertz CT molecular complexity index is 524. The zero-order valence-electron chi connectivity index (χ0n) is 10.9. The predicted octanol–water partition coefficient (Wildman–Crippen LogP) is 4.74. The molecule has 0 radical (unpaired) electrons. The summed E-state index contributed by atoms with van der Waals surface area (Å²) in [6.07, 6.45) is 8.13. The van der Waals surface area contributed by atoms with Crippen molar-refractivity contribution in [3.05, 3.63) is 23.8 Å². The van der Waals surface area contributed by atoms with Crippen LogP contribution in [0.3, 0.4) is 0 Å². The van der Waals surface area contributed by atoms with Crippen LogP contribution in [0.4, 0.5) is 5.13 Å². The van der Waals surface area contributed by atoms with Gasteiger partial charge in [0, 0.05) is 6.04 Å². The van der Waals surface area contributed by atoms with Crippen molar-refractivity contribution in [2.75, 3.05) is 5.32 Å². The molecular weight excluding hydrogens is 240 g/mol. The first-order chi connectivity index (χ1) is 8.83. The molecule has 0 bridgehead atoms. The topological polar surface area (TPSA) is 24.9 Å². The van der Waals surface area contributed by atoms with Crippen LogP contribution in [0.25, 0.3) is 10.2 Å². The number of thiazole rings is 1. The van der Waals surface area contributed by atoms with Gasteiger partial charge in [-0.05, 0) is 31.4 Å². The molecule has 1 N–H and O–H groups in total. The highest BCUT2D eigenvalue weighted by atomic mass is 32.1. The Morgan fingerprint density at radius 2 is 1.94 bits per heavy atom. The van der Waals surface area contributed by atoms with E-state index in [-0.39, 0.29) is 0 Å². The standard InChI is InChI=1S/C15H20N2S/c1-11-7-6-10-13-14(11)17-15(18-13)16-12-8-4-2-3-5-9-12/h6-7,10,12H,2-5,8-9H2,1H3,(H,16,17). The first kappa shape index (κ1) is 12.0. The number of nitrogens with zero attached hydrogens (tertiary/aromatic N) is 1. The summed E-state index contributed by atoms with van der Waals surface area (Å²) < 4.78 is 1.30. The van der Waals surface area contributed by atoms with Crippen molar-refractivity contribution in [2.24, 2.45) is 0 Å². The van der Waals surface area contributed by atoms with E-state index >= 15 is 0 Å². The monoisotopic (exact) mass is 260 g/mol. The minimum absolute atomic E-state index is 0.633. The van der Waals surface area contributed by atoms with Gasteiger partial charge in [0.05, 0.1) is 10.2 Å². The van der Waals surface area contributed by atoms with Gasteiger partial charge in [-0.3, -0.25) is 0 Å². The quantitative estimate of drug-likeness (QED) is 0.789. The SMILES string of the molecule is Cc1cccc2sc(NC3CCCCCC3)nc12. The molecule has 0 saturated heterocycles. The van der Waals surface area contributed by atoms with Crippen LogP contribution >= 0.6 is 11.3 Å². The lowest BCUT2D eigenvalue weighted by Crippen LogP contribution is -2.17. The van der Waals surface area contributed by atoms with Crippen LogP contribution in [-0.4, -0.2) is 11.0 Å². The van der Waals surface area contributed by atoms with Crippen molar-refractivity contribution in [1.82, 2.24) is 4.98 Å². The van der Waals surface area contributed by atoms with Crippen molar-refractivity contribution in [2.45, 2.75) is 51.5 Å². The van der Waals surface area contributed by atoms with Crippen molar-refractivity contribution < 1.29 is 0 Å². The normalized spacial score (nSPS) is 17.8. The van der Waals surface area contributed by atoms with E-state index in [0.717, 1.165) is 5.13 Å². The maximum Gasteiger partial charge on any atom is 0.184 e. The zero-order chi connectivity index (χ0) is 12.4. The summed E-state index contributed by atoms with van der Waals surface area (Å²) in [5, 5.41) is 4.75. The number of rotatable bonds is 2. The molecule has 0 aliphatic heterocycles. The summed E-state index contributed by atoms with van der Waals surface area (Å²) in [5.41, 5.74) is 2.44. The van der Waals surface area contributed by atoms with Crippen LogP contribution in [-0.2, 0) is 0 Å². The molecule has 1 saturated carbocycles. The second-order valence-corrected chi connectivity index (χ2v) is 6.30. The van der Waals surface area contributed by atoms with E-state index < -0.39 is 0 Å². The average molecular weight is 260 g/mol. The molecular formula is C15H20N2S. The molecule has 2 aromatic rings. The van der Waals surface area contributed by atoms with E-state index in [1.165, 1.54) is 54.3 Å². The van der Waals surface area contributed by atoms with Gasteiger partial charge in [-0.25, -0.2) is 4.98 Å². The fourth-order valence-electron chi connectivity index (χ4n) is 2.75. The second-order valence-electron chi connectivity index (χ2n) is 5.27. The summed E-state index contributed by atoms with van der Waals surface area (Å²) in [7, 11) is 0. The number of benzene rings is 1. The summed E-state index contributed by atoms with van der Waals surface area (Å²) in [4.78, 5) is 4.74. The van der Waals surface area contributed by atoms with Gasteiger partial charge < -0.3 is 5.32 Å². The maximum atomic E-state index is 4.74. The molecule has 1 fully saturated rings. The Balaban J connectivity index is 1.79. The highest BCUT2D eigenvalue weighted by molar-refractivity contribution is 7.22. The van der Waals surface area contributed by atoms with Crippen molar-refractivity contribution in [3.63, 3.8) is 0 Å². The maximum absolute atomic E-state index is 4.74. The van der Waals surface area contributed by atoms with Crippen molar-refractivity contribution >= 4 is 26.7 Å². The van der Waals surface area contributed by atoms with Gasteiger partial charge in [0.25, 0.3) is 0 Å². The summed E-state index contributed by atoms with van der Waals surface area (Å²) in [6.45, 7) is 2.14. The van der Waals surface area contributed by atoms with Crippen LogP contribution in [0.1, 0.15) is 44.1 Å². The number of aromatic nitrogens is 1. The molecule has 96 valence electrons. The minimum atomic E-state index is 0.633. The van der Waals surface area contributed by atoms with Crippen molar-refractivity contribution in [1.29, 1.82) is 0 Å². The van der Waals surface area contributed by atoms with Crippen molar-refractivity contribution in [3.8, 4) is 0 Å². The van der Waals surface area contributed by atoms with Gasteiger partial charge >= 0.3 is 0 Å². The Morgan fingerprint density at radius 3 is 2.67 bits per heavy atom. The fourth-order valence-corrected chi connectivity index (χ4v) is 3.77. The van der Waals surface area contributed by atoms with Gasteiger partial charge in [-0.15, -0.1) is 0 Å². The third-order valence-electron chi connectivity index (χ3n) is 3.80. The number of hydrogen-bond acceptors (Lipinski definition) is 3. The predicted molar refractivity (Wildman–Crippen MR) is 79.5 cm³/mol. The Morgan fingerprint density at radius 1 is 1.17 bits per heavy atom. The molecule has 1 aromatic carbocycles. The van der Waals surface area contributed by atoms with Crippen LogP contribution in [0.5, 0.6) is 0 Å². The smallest absolute Gasteiger partial charge is 0.184 e. The molecule has 1 aliphatic carbocycles. The Hall–Kier alpha value is -1.09. The molecule has 1 aliphatic rings. The number of fused-ring (bicyclic) bond motifs is 1. The number of hydrogen-bond donors (Lipinski definition) is 1. The molecule has 0 atom stereocenters. The van der Waals surface area contributed by atoms with Gasteiger partial charge in [0.2, 0.25) is 0 Å². The Labute approximate surface area is 112 Å². The molecule has 0 spiro atoms. The number of aryl methyl sites for hydroxylation is 1. The Kier molecular flexibility index (Phi) is 3.50. The average Bonchev–Trinajstić information content (AvgIpc) is 2.60. The molecule has 1 aromatic heterocycles. The van der Waals surface area contributed by atoms with E-state index in [2.05, 4.69) is 30.4 Å². The van der Waals surface area contributed by atoms with Gasteiger partial charge in [-0.1, -0.05) is 49.2 Å². The minimum Gasteiger partial charge on any atom is -0.359 e. The van der Waals surface area contributed by atoms with E-state index in [1.54, 1.807) is 11.3 Å². The fraction of sp³-hybridized carbons (Fsp3) is 0.533. The van der Waals surface area contributed by atoms with Gasteiger partial charge in [0.1, 0.15) is 0 Å². The van der Waals surface area contributed by atoms with Crippen LogP contribution in [0.15, 0.2) is 18.2 Å². The van der Waals surface area contributed by atoms with E-state index in [1.807, 2.05) is 0 Å². The van der Waals surface area contributed by atoms with E-state index in [9.17, 15) is 0 Å². The van der Waals surface area contributed by atoms with E-state index in [4.69, 9.17) is 4.98 Å². The summed E-state index contributed by atoms with van der Waals surface area (Å²) in [6, 6.07) is 7.05. The molecule has 0 amide bonds. The van der Waals surface area contributed by atoms with Crippen LogP contribution in [0, 0.1) is 6.92 Å². The lowest BCUT2D eigenvalue weighted by molar-refractivity contribution is 0.619. The molecule has 18 heavy (non-hydrogen) atoms. The number of para-hydroxylation sites is 1. The lowest BCUT2D eigenvalue weighted by Gasteiger charge is -2.14. The zero-order valence-corrected chi connectivity index (χ0v) is 11.7. The third kappa shape index (κ3) is 2.51. The van der Waals surface area contributed by atoms with Crippen LogP contribution in [0.2, 0.25) is 0 Å². The number of nitrogens with one attached hydrogen (secondary N) is 1. The summed E-state index contributed by atoms with van der Waals surface area (Å²) >= 11 is 1.79. The molecule has 3 rings (SSSR count). The second kappa shape index (κ2) is 5.27. The van der Waals surface area contributed by atoms with E-state index in [0.29, 0.717) is 6.04 Å². The first-order valence-electron chi connectivity index (χ1n) is 6.95.